The molecule has 5 nitrogen and oxygen atoms in total. The van der Waals surface area contributed by atoms with E-state index in [-0.39, 0.29) is 35.6 Å². The van der Waals surface area contributed by atoms with Gasteiger partial charge in [0.25, 0.3) is 0 Å². The predicted octanol–water partition coefficient (Wildman–Crippen LogP) is 4.81. The van der Waals surface area contributed by atoms with E-state index in [0.717, 1.165) is 19.3 Å². The molecule has 0 saturated carbocycles. The topological polar surface area (TPSA) is 46.2 Å². The van der Waals surface area contributed by atoms with Crippen molar-refractivity contribution in [1.82, 2.24) is 0 Å². The second-order valence-electron chi connectivity index (χ2n) is 10.8. The van der Waals surface area contributed by atoms with E-state index in [9.17, 15) is 0 Å². The van der Waals surface area contributed by atoms with Crippen molar-refractivity contribution in [3.05, 3.63) is 12.7 Å². The molecule has 3 saturated heterocycles. The van der Waals surface area contributed by atoms with E-state index in [1.54, 1.807) is 0 Å². The summed E-state index contributed by atoms with van der Waals surface area (Å²) in [4.78, 5) is 0. The molecule has 6 heteroatoms. The first-order valence-corrected chi connectivity index (χ1v) is 13.6. The van der Waals surface area contributed by atoms with Crippen LogP contribution in [0.25, 0.3) is 0 Å². The first kappa shape index (κ1) is 22.4. The fourth-order valence-corrected chi connectivity index (χ4v) is 5.52. The van der Waals surface area contributed by atoms with Crippen molar-refractivity contribution >= 4 is 8.32 Å². The summed E-state index contributed by atoms with van der Waals surface area (Å²) in [5.74, 6) is -0.551. The van der Waals surface area contributed by atoms with Gasteiger partial charge >= 0.3 is 0 Å². The van der Waals surface area contributed by atoms with Crippen molar-refractivity contribution in [2.24, 2.45) is 0 Å². The first-order chi connectivity index (χ1) is 12.8. The number of hydrogen-bond acceptors (Lipinski definition) is 5. The Hall–Kier alpha value is -0.243. The Labute approximate surface area is 172 Å². The van der Waals surface area contributed by atoms with E-state index in [0.29, 0.717) is 6.61 Å². The summed E-state index contributed by atoms with van der Waals surface area (Å²) in [6.07, 6.45) is 4.52. The standard InChI is InChI=1S/C22H40O5Si/c1-10-22(7)19(27-28(8,9)20(2,3)4)13-17-15(26-22)11-12-16-18(24-17)14-23-21(5,6)25-16/h10,15-19H,1,11-14H2,2-9H3/t15-,16+,17+,18-,19-,22+/m1/s1. The third-order valence-corrected chi connectivity index (χ3v) is 11.6. The van der Waals surface area contributed by atoms with Gasteiger partial charge in [0.2, 0.25) is 0 Å². The molecular weight excluding hydrogens is 372 g/mol. The van der Waals surface area contributed by atoms with Gasteiger partial charge in [-0.2, -0.15) is 0 Å². The molecule has 6 atom stereocenters. The molecule has 0 aliphatic carbocycles. The molecule has 0 amide bonds. The lowest BCUT2D eigenvalue weighted by molar-refractivity contribution is -0.316. The molecule has 3 aliphatic heterocycles. The molecule has 0 unspecified atom stereocenters. The van der Waals surface area contributed by atoms with Gasteiger partial charge in [0.15, 0.2) is 14.1 Å². The van der Waals surface area contributed by atoms with Gasteiger partial charge in [-0.05, 0) is 51.7 Å². The Kier molecular flexibility index (Phi) is 5.98. The van der Waals surface area contributed by atoms with Crippen molar-refractivity contribution in [2.75, 3.05) is 6.61 Å². The molecule has 162 valence electrons. The largest absolute Gasteiger partial charge is 0.411 e. The molecule has 0 bridgehead atoms. The van der Waals surface area contributed by atoms with Crippen LogP contribution in [0, 0.1) is 0 Å². The maximum absolute atomic E-state index is 6.81. The van der Waals surface area contributed by atoms with Crippen molar-refractivity contribution in [2.45, 2.75) is 121 Å². The van der Waals surface area contributed by atoms with Gasteiger partial charge in [0, 0.05) is 6.42 Å². The van der Waals surface area contributed by atoms with Crippen LogP contribution in [0.15, 0.2) is 12.7 Å². The van der Waals surface area contributed by atoms with E-state index in [2.05, 4.69) is 47.4 Å². The van der Waals surface area contributed by atoms with Crippen LogP contribution in [0.5, 0.6) is 0 Å². The predicted molar refractivity (Wildman–Crippen MR) is 113 cm³/mol. The van der Waals surface area contributed by atoms with Crippen LogP contribution in [0.4, 0.5) is 0 Å². The second kappa shape index (κ2) is 7.47. The average molecular weight is 413 g/mol. The highest BCUT2D eigenvalue weighted by atomic mass is 28.4. The minimum atomic E-state index is -1.95. The van der Waals surface area contributed by atoms with Crippen LogP contribution in [0.3, 0.4) is 0 Å². The zero-order valence-electron chi connectivity index (χ0n) is 19.0. The summed E-state index contributed by atoms with van der Waals surface area (Å²) in [5.41, 5.74) is -0.508. The van der Waals surface area contributed by atoms with Crippen LogP contribution in [0.2, 0.25) is 18.1 Å². The van der Waals surface area contributed by atoms with Crippen molar-refractivity contribution in [1.29, 1.82) is 0 Å². The van der Waals surface area contributed by atoms with Gasteiger partial charge in [-0.3, -0.25) is 0 Å². The lowest BCUT2D eigenvalue weighted by Crippen LogP contribution is -2.59. The van der Waals surface area contributed by atoms with Crippen LogP contribution < -0.4 is 0 Å². The third kappa shape index (κ3) is 4.42. The number of fused-ring (bicyclic) bond motifs is 2. The molecule has 0 spiro atoms. The molecule has 0 radical (unpaired) electrons. The van der Waals surface area contributed by atoms with Crippen molar-refractivity contribution in [3.63, 3.8) is 0 Å². The Morgan fingerprint density at radius 3 is 2.18 bits per heavy atom. The van der Waals surface area contributed by atoms with E-state index in [1.165, 1.54) is 0 Å². The highest BCUT2D eigenvalue weighted by Gasteiger charge is 2.52. The van der Waals surface area contributed by atoms with Crippen molar-refractivity contribution in [3.8, 4) is 0 Å². The SMILES string of the molecule is C=C[C@]1(C)O[C@@H]2CC[C@@H]3OC(C)(C)OC[C@H]3O[C@H]2C[C@H]1O[Si](C)(C)C(C)(C)C. The molecule has 28 heavy (non-hydrogen) atoms. The van der Waals surface area contributed by atoms with E-state index < -0.39 is 19.7 Å². The lowest BCUT2D eigenvalue weighted by atomic mass is 9.87. The smallest absolute Gasteiger partial charge is 0.192 e. The van der Waals surface area contributed by atoms with Gasteiger partial charge in [-0.15, -0.1) is 6.58 Å². The molecular formula is C22H40O5Si. The molecule has 3 fully saturated rings. The van der Waals surface area contributed by atoms with Gasteiger partial charge in [0.1, 0.15) is 11.7 Å². The third-order valence-electron chi connectivity index (χ3n) is 7.08. The Balaban J connectivity index is 1.78. The summed E-state index contributed by atoms with van der Waals surface area (Å²) in [6, 6.07) is 0. The zero-order chi connectivity index (χ0) is 21.0. The first-order valence-electron chi connectivity index (χ1n) is 10.7. The molecule has 0 aromatic heterocycles. The summed E-state index contributed by atoms with van der Waals surface area (Å²) in [5, 5.41) is 0.137. The summed E-state index contributed by atoms with van der Waals surface area (Å²) in [6.45, 7) is 22.1. The fraction of sp³-hybridized carbons (Fsp3) is 0.909. The molecule has 3 aliphatic rings. The van der Waals surface area contributed by atoms with E-state index >= 15 is 0 Å². The van der Waals surface area contributed by atoms with Gasteiger partial charge < -0.3 is 23.4 Å². The maximum Gasteiger partial charge on any atom is 0.192 e. The molecule has 3 rings (SSSR count). The second-order valence-corrected chi connectivity index (χ2v) is 15.6. The summed E-state index contributed by atoms with van der Waals surface area (Å²) >= 11 is 0. The Bertz CT molecular complexity index is 584. The Morgan fingerprint density at radius 1 is 1.00 bits per heavy atom. The number of hydrogen-bond donors (Lipinski definition) is 0. The highest BCUT2D eigenvalue weighted by molar-refractivity contribution is 6.74. The summed E-state index contributed by atoms with van der Waals surface area (Å²) in [7, 11) is -1.95. The lowest BCUT2D eigenvalue weighted by Gasteiger charge is -2.50. The normalized spacial score (nSPS) is 41.5. The summed E-state index contributed by atoms with van der Waals surface area (Å²) < 4.78 is 31.9. The molecule has 0 aromatic carbocycles. The molecule has 3 heterocycles. The quantitative estimate of drug-likeness (QED) is 0.492. The maximum atomic E-state index is 6.81. The minimum Gasteiger partial charge on any atom is -0.411 e. The fourth-order valence-electron chi connectivity index (χ4n) is 4.13. The zero-order valence-corrected chi connectivity index (χ0v) is 20.0. The highest BCUT2D eigenvalue weighted by Crippen LogP contribution is 2.44. The Morgan fingerprint density at radius 2 is 1.61 bits per heavy atom. The number of rotatable bonds is 3. The molecule has 0 N–H and O–H groups in total. The van der Waals surface area contributed by atoms with Crippen LogP contribution in [-0.4, -0.2) is 56.8 Å². The monoisotopic (exact) mass is 412 g/mol. The van der Waals surface area contributed by atoms with E-state index in [4.69, 9.17) is 23.4 Å². The van der Waals surface area contributed by atoms with Gasteiger partial charge in [-0.25, -0.2) is 0 Å². The number of ether oxygens (including phenoxy) is 4. The minimum absolute atomic E-state index is 0.00814. The van der Waals surface area contributed by atoms with Crippen LogP contribution >= 0.6 is 0 Å². The van der Waals surface area contributed by atoms with Crippen LogP contribution in [0.1, 0.15) is 60.8 Å². The van der Waals surface area contributed by atoms with E-state index in [1.807, 2.05) is 19.9 Å². The van der Waals surface area contributed by atoms with Crippen molar-refractivity contribution < 1.29 is 23.4 Å². The van der Waals surface area contributed by atoms with Gasteiger partial charge in [0.05, 0.1) is 31.0 Å². The van der Waals surface area contributed by atoms with Gasteiger partial charge in [-0.1, -0.05) is 26.8 Å². The average Bonchev–Trinajstić information content (AvgIpc) is 2.72. The van der Waals surface area contributed by atoms with Crippen LogP contribution in [-0.2, 0) is 23.4 Å². The molecule has 0 aromatic rings.